The van der Waals surface area contributed by atoms with Gasteiger partial charge >= 0.3 is 0 Å². The zero-order valence-corrected chi connectivity index (χ0v) is 12.4. The van der Waals surface area contributed by atoms with Gasteiger partial charge < -0.3 is 15.5 Å². The number of likely N-dealkylation sites (N-methyl/N-ethyl adjacent to an activating group) is 1. The Morgan fingerprint density at radius 2 is 2.06 bits per heavy atom. The Hall–Kier alpha value is -0.610. The van der Waals surface area contributed by atoms with Crippen molar-refractivity contribution in [2.24, 2.45) is 5.41 Å². The topological polar surface area (TPSA) is 44.4 Å². The van der Waals surface area contributed by atoms with Crippen LogP contribution in [0.25, 0.3) is 0 Å². The lowest BCUT2D eigenvalue weighted by Crippen LogP contribution is -2.49. The molecule has 1 heterocycles. The summed E-state index contributed by atoms with van der Waals surface area (Å²) < 4.78 is 0. The van der Waals surface area contributed by atoms with Crippen molar-refractivity contribution in [3.8, 4) is 0 Å². The summed E-state index contributed by atoms with van der Waals surface area (Å²) in [5, 5.41) is 6.50. The number of nitrogens with one attached hydrogen (secondary N) is 2. The van der Waals surface area contributed by atoms with Crippen LogP contribution in [0.3, 0.4) is 0 Å². The lowest BCUT2D eigenvalue weighted by Gasteiger charge is -2.29. The van der Waals surface area contributed by atoms with Gasteiger partial charge in [-0.15, -0.1) is 0 Å². The zero-order valence-electron chi connectivity index (χ0n) is 12.4. The Labute approximate surface area is 111 Å². The molecule has 18 heavy (non-hydrogen) atoms. The summed E-state index contributed by atoms with van der Waals surface area (Å²) in [5.41, 5.74) is -0.169. The molecule has 2 N–H and O–H groups in total. The maximum atomic E-state index is 12.4. The summed E-state index contributed by atoms with van der Waals surface area (Å²) in [4.78, 5) is 14.7. The second-order valence-corrected chi connectivity index (χ2v) is 5.42. The molecule has 1 amide bonds. The van der Waals surface area contributed by atoms with Gasteiger partial charge in [-0.25, -0.2) is 0 Å². The van der Waals surface area contributed by atoms with Crippen LogP contribution in [0.5, 0.6) is 0 Å². The van der Waals surface area contributed by atoms with Crippen molar-refractivity contribution in [2.45, 2.75) is 46.6 Å². The van der Waals surface area contributed by atoms with E-state index in [-0.39, 0.29) is 17.4 Å². The number of carbonyl (C=O) groups excluding carboxylic acids is 1. The van der Waals surface area contributed by atoms with Gasteiger partial charge in [0.05, 0.1) is 5.41 Å². The van der Waals surface area contributed by atoms with Crippen LogP contribution in [-0.2, 0) is 4.79 Å². The minimum atomic E-state index is -0.169. The molecule has 106 valence electrons. The highest BCUT2D eigenvalue weighted by molar-refractivity contribution is 5.83. The van der Waals surface area contributed by atoms with E-state index in [1.807, 2.05) is 0 Å². The van der Waals surface area contributed by atoms with Crippen LogP contribution in [0.1, 0.15) is 40.5 Å². The number of hydrogen-bond acceptors (Lipinski definition) is 3. The van der Waals surface area contributed by atoms with Crippen LogP contribution < -0.4 is 10.6 Å². The molecule has 1 aliphatic heterocycles. The van der Waals surface area contributed by atoms with E-state index in [9.17, 15) is 4.79 Å². The van der Waals surface area contributed by atoms with Crippen molar-refractivity contribution in [2.75, 3.05) is 32.7 Å². The van der Waals surface area contributed by atoms with Gasteiger partial charge in [0.1, 0.15) is 0 Å². The van der Waals surface area contributed by atoms with Crippen LogP contribution in [0.4, 0.5) is 0 Å². The van der Waals surface area contributed by atoms with E-state index < -0.39 is 0 Å². The minimum absolute atomic E-state index is 0.169. The lowest BCUT2D eigenvalue weighted by atomic mass is 9.83. The molecule has 0 bridgehead atoms. The van der Waals surface area contributed by atoms with Crippen LogP contribution >= 0.6 is 0 Å². The van der Waals surface area contributed by atoms with E-state index in [0.29, 0.717) is 0 Å². The van der Waals surface area contributed by atoms with Gasteiger partial charge in [0.25, 0.3) is 0 Å². The first-order valence-corrected chi connectivity index (χ1v) is 7.32. The third-order valence-corrected chi connectivity index (χ3v) is 4.21. The molecular weight excluding hydrogens is 226 g/mol. The fraction of sp³-hybridized carbons (Fsp3) is 0.929. The molecule has 4 heteroatoms. The number of carbonyl (C=O) groups is 1. The first-order chi connectivity index (χ1) is 8.57. The maximum Gasteiger partial charge on any atom is 0.227 e. The molecule has 4 nitrogen and oxygen atoms in total. The Balaban J connectivity index is 2.48. The fourth-order valence-electron chi connectivity index (χ4n) is 2.69. The summed E-state index contributed by atoms with van der Waals surface area (Å²) in [6.45, 7) is 13.3. The fourth-order valence-corrected chi connectivity index (χ4v) is 2.69. The predicted molar refractivity (Wildman–Crippen MR) is 75.6 cm³/mol. The number of nitrogens with zero attached hydrogens (tertiary/aromatic N) is 1. The number of rotatable bonds is 7. The highest BCUT2D eigenvalue weighted by atomic mass is 16.2. The van der Waals surface area contributed by atoms with Crippen LogP contribution in [0.15, 0.2) is 0 Å². The molecule has 0 aromatic rings. The third kappa shape index (κ3) is 3.69. The average Bonchev–Trinajstić information content (AvgIpc) is 2.85. The molecule has 0 aromatic heterocycles. The molecule has 0 saturated carbocycles. The molecular formula is C14H29N3O. The van der Waals surface area contributed by atoms with Gasteiger partial charge in [0, 0.05) is 19.1 Å². The van der Waals surface area contributed by atoms with Crippen molar-refractivity contribution >= 4 is 5.91 Å². The van der Waals surface area contributed by atoms with Crippen LogP contribution in [-0.4, -0.2) is 49.6 Å². The molecule has 0 spiro atoms. The molecule has 1 saturated heterocycles. The summed E-state index contributed by atoms with van der Waals surface area (Å²) >= 11 is 0. The van der Waals surface area contributed by atoms with Crippen molar-refractivity contribution < 1.29 is 4.79 Å². The van der Waals surface area contributed by atoms with Crippen LogP contribution in [0.2, 0.25) is 0 Å². The second-order valence-electron chi connectivity index (χ2n) is 5.42. The molecule has 1 aliphatic rings. The highest BCUT2D eigenvalue weighted by Gasteiger charge is 2.39. The normalized spacial score (nSPS) is 25.4. The standard InChI is InChI=1S/C14H29N3O/c1-5-14(8-9-15-11-14)13(18)16-12(4)10-17(6-2)7-3/h12,15H,5-11H2,1-4H3,(H,16,18). The predicted octanol–water partition coefficient (Wildman–Crippen LogP) is 1.22. The lowest BCUT2D eigenvalue weighted by molar-refractivity contribution is -0.131. The van der Waals surface area contributed by atoms with E-state index in [1.54, 1.807) is 0 Å². The molecule has 2 atom stereocenters. The largest absolute Gasteiger partial charge is 0.352 e. The third-order valence-electron chi connectivity index (χ3n) is 4.21. The van der Waals surface area contributed by atoms with Gasteiger partial charge in [0.2, 0.25) is 5.91 Å². The highest BCUT2D eigenvalue weighted by Crippen LogP contribution is 2.29. The minimum Gasteiger partial charge on any atom is -0.352 e. The van der Waals surface area contributed by atoms with Crippen molar-refractivity contribution in [1.82, 2.24) is 15.5 Å². The van der Waals surface area contributed by atoms with E-state index in [2.05, 4.69) is 43.2 Å². The SMILES string of the molecule is CCN(CC)CC(C)NC(=O)C1(CC)CCNC1. The van der Waals surface area contributed by atoms with E-state index in [1.165, 1.54) is 0 Å². The van der Waals surface area contributed by atoms with Gasteiger partial charge in [-0.3, -0.25) is 4.79 Å². The number of hydrogen-bond donors (Lipinski definition) is 2. The van der Waals surface area contributed by atoms with Crippen LogP contribution in [0, 0.1) is 5.41 Å². The number of amides is 1. The Bertz CT molecular complexity index is 258. The quantitative estimate of drug-likeness (QED) is 0.719. The Morgan fingerprint density at radius 3 is 2.50 bits per heavy atom. The molecule has 1 rings (SSSR count). The molecule has 0 radical (unpaired) electrons. The maximum absolute atomic E-state index is 12.4. The molecule has 2 unspecified atom stereocenters. The molecule has 0 aliphatic carbocycles. The summed E-state index contributed by atoms with van der Waals surface area (Å²) in [5.74, 6) is 0.231. The van der Waals surface area contributed by atoms with Gasteiger partial charge in [0.15, 0.2) is 0 Å². The summed E-state index contributed by atoms with van der Waals surface area (Å²) in [6, 6.07) is 0.224. The molecule has 1 fully saturated rings. The summed E-state index contributed by atoms with van der Waals surface area (Å²) in [6.07, 6.45) is 1.89. The molecule has 0 aromatic carbocycles. The van der Waals surface area contributed by atoms with E-state index >= 15 is 0 Å². The first-order valence-electron chi connectivity index (χ1n) is 7.32. The summed E-state index contributed by atoms with van der Waals surface area (Å²) in [7, 11) is 0. The van der Waals surface area contributed by atoms with Crippen molar-refractivity contribution in [1.29, 1.82) is 0 Å². The zero-order chi connectivity index (χ0) is 13.6. The van der Waals surface area contributed by atoms with E-state index in [4.69, 9.17) is 0 Å². The van der Waals surface area contributed by atoms with Gasteiger partial charge in [-0.05, 0) is 39.4 Å². The van der Waals surface area contributed by atoms with Crippen molar-refractivity contribution in [3.05, 3.63) is 0 Å². The Morgan fingerprint density at radius 1 is 1.39 bits per heavy atom. The van der Waals surface area contributed by atoms with Gasteiger partial charge in [-0.2, -0.15) is 0 Å². The monoisotopic (exact) mass is 255 g/mol. The first kappa shape index (κ1) is 15.4. The van der Waals surface area contributed by atoms with E-state index in [0.717, 1.165) is 45.6 Å². The van der Waals surface area contributed by atoms with Crippen molar-refractivity contribution in [3.63, 3.8) is 0 Å². The van der Waals surface area contributed by atoms with Gasteiger partial charge in [-0.1, -0.05) is 20.8 Å². The smallest absolute Gasteiger partial charge is 0.227 e. The second kappa shape index (κ2) is 7.10. The average molecular weight is 255 g/mol. The Kier molecular flexibility index (Phi) is 6.09.